The first-order valence-electron chi connectivity index (χ1n) is 8.67. The van der Waals surface area contributed by atoms with E-state index < -0.39 is 0 Å². The summed E-state index contributed by atoms with van der Waals surface area (Å²) >= 11 is 0. The Hall–Kier alpha value is -0.610. The normalized spacial score (nSPS) is 34.9. The second kappa shape index (κ2) is 7.59. The van der Waals surface area contributed by atoms with Crippen molar-refractivity contribution >= 4 is 5.97 Å². The number of carbonyl (C=O) groups is 1. The van der Waals surface area contributed by atoms with Crippen LogP contribution in [0.3, 0.4) is 0 Å². The lowest BCUT2D eigenvalue weighted by molar-refractivity contribution is -0.153. The topological polar surface area (TPSA) is 41.6 Å². The lowest BCUT2D eigenvalue weighted by Crippen LogP contribution is -2.61. The van der Waals surface area contributed by atoms with Gasteiger partial charge in [-0.15, -0.1) is 0 Å². The monoisotopic (exact) mass is 296 g/mol. The van der Waals surface area contributed by atoms with Crippen molar-refractivity contribution in [3.05, 3.63) is 0 Å². The Bertz CT molecular complexity index is 346. The zero-order chi connectivity index (χ0) is 15.4. The highest BCUT2D eigenvalue weighted by Gasteiger charge is 2.41. The summed E-state index contributed by atoms with van der Waals surface area (Å²) in [5.74, 6) is 2.10. The third kappa shape index (κ3) is 3.98. The molecule has 1 N–H and O–H groups in total. The van der Waals surface area contributed by atoms with Crippen LogP contribution in [0.1, 0.15) is 47.0 Å². The fourth-order valence-electron chi connectivity index (χ4n) is 4.11. The van der Waals surface area contributed by atoms with Gasteiger partial charge in [0.2, 0.25) is 0 Å². The van der Waals surface area contributed by atoms with Gasteiger partial charge in [0.15, 0.2) is 0 Å². The molecule has 4 nitrogen and oxygen atoms in total. The van der Waals surface area contributed by atoms with Crippen molar-refractivity contribution in [3.8, 4) is 0 Å². The Morgan fingerprint density at radius 3 is 2.81 bits per heavy atom. The summed E-state index contributed by atoms with van der Waals surface area (Å²) in [6.45, 7) is 12.0. The molecule has 1 saturated carbocycles. The molecule has 4 unspecified atom stereocenters. The second-order valence-corrected chi connectivity index (χ2v) is 7.10. The van der Waals surface area contributed by atoms with Gasteiger partial charge in [0.05, 0.1) is 6.61 Å². The predicted octanol–water partition coefficient (Wildman–Crippen LogP) is 2.28. The summed E-state index contributed by atoms with van der Waals surface area (Å²) in [5, 5.41) is 3.36. The van der Waals surface area contributed by atoms with Crippen LogP contribution in [-0.2, 0) is 9.53 Å². The fraction of sp³-hybridized carbons (Fsp3) is 0.941. The van der Waals surface area contributed by atoms with E-state index in [2.05, 4.69) is 31.0 Å². The van der Waals surface area contributed by atoms with Gasteiger partial charge in [0, 0.05) is 25.7 Å². The highest BCUT2D eigenvalue weighted by atomic mass is 16.5. The van der Waals surface area contributed by atoms with Crippen LogP contribution in [0.2, 0.25) is 0 Å². The van der Waals surface area contributed by atoms with Crippen LogP contribution in [0.15, 0.2) is 0 Å². The summed E-state index contributed by atoms with van der Waals surface area (Å²) in [5.41, 5.74) is 0. The number of esters is 1. The third-order valence-electron chi connectivity index (χ3n) is 5.26. The van der Waals surface area contributed by atoms with E-state index in [9.17, 15) is 4.79 Å². The molecule has 2 rings (SSSR count). The minimum Gasteiger partial charge on any atom is -0.465 e. The van der Waals surface area contributed by atoms with Gasteiger partial charge in [-0.1, -0.05) is 27.2 Å². The van der Waals surface area contributed by atoms with Crippen LogP contribution >= 0.6 is 0 Å². The summed E-state index contributed by atoms with van der Waals surface area (Å²) in [4.78, 5) is 14.8. The van der Waals surface area contributed by atoms with Gasteiger partial charge in [-0.2, -0.15) is 0 Å². The van der Waals surface area contributed by atoms with Crippen molar-refractivity contribution in [2.75, 3.05) is 26.2 Å². The van der Waals surface area contributed by atoms with Gasteiger partial charge < -0.3 is 10.1 Å². The zero-order valence-corrected chi connectivity index (χ0v) is 14.1. The number of carbonyl (C=O) groups excluding carboxylic acids is 1. The molecule has 1 aliphatic carbocycles. The van der Waals surface area contributed by atoms with Crippen LogP contribution in [0, 0.1) is 17.8 Å². The summed E-state index contributed by atoms with van der Waals surface area (Å²) in [6, 6.07) is 0.431. The Balaban J connectivity index is 2.15. The molecule has 1 heterocycles. The number of piperazine rings is 1. The van der Waals surface area contributed by atoms with Gasteiger partial charge in [-0.05, 0) is 37.5 Å². The standard InChI is InChI=1S/C17H32N2O2/c1-5-21-17(20)16-11-18-8-9-19(16)15-10-13(4)6-7-14(15)12(2)3/h12-16,18H,5-11H2,1-4H3. The van der Waals surface area contributed by atoms with Gasteiger partial charge in [0.25, 0.3) is 0 Å². The van der Waals surface area contributed by atoms with Gasteiger partial charge >= 0.3 is 5.97 Å². The first-order chi connectivity index (χ1) is 10.0. The number of nitrogens with one attached hydrogen (secondary N) is 1. The maximum absolute atomic E-state index is 12.3. The Labute approximate surface area is 129 Å². The van der Waals surface area contributed by atoms with E-state index in [0.717, 1.165) is 25.6 Å². The minimum atomic E-state index is -0.102. The fourth-order valence-corrected chi connectivity index (χ4v) is 4.11. The molecule has 0 radical (unpaired) electrons. The van der Waals surface area contributed by atoms with Crippen molar-refractivity contribution in [3.63, 3.8) is 0 Å². The molecule has 4 heteroatoms. The van der Waals surface area contributed by atoms with E-state index in [4.69, 9.17) is 4.74 Å². The van der Waals surface area contributed by atoms with Crippen LogP contribution < -0.4 is 5.32 Å². The third-order valence-corrected chi connectivity index (χ3v) is 5.26. The molecule has 0 bridgehead atoms. The van der Waals surface area contributed by atoms with E-state index in [0.29, 0.717) is 24.5 Å². The number of rotatable bonds is 4. The van der Waals surface area contributed by atoms with E-state index >= 15 is 0 Å². The Morgan fingerprint density at radius 1 is 1.38 bits per heavy atom. The average Bonchev–Trinajstić information content (AvgIpc) is 2.47. The van der Waals surface area contributed by atoms with Gasteiger partial charge in [-0.25, -0.2) is 0 Å². The highest BCUT2D eigenvalue weighted by Crippen LogP contribution is 2.37. The minimum absolute atomic E-state index is 0.0505. The Kier molecular flexibility index (Phi) is 6.06. The van der Waals surface area contributed by atoms with Crippen molar-refractivity contribution in [1.29, 1.82) is 0 Å². The van der Waals surface area contributed by atoms with Crippen LogP contribution in [0.5, 0.6) is 0 Å². The SMILES string of the molecule is CCOC(=O)C1CNCCN1C1CC(C)CCC1C(C)C. The van der Waals surface area contributed by atoms with Crippen LogP contribution in [-0.4, -0.2) is 49.2 Å². The first-order valence-corrected chi connectivity index (χ1v) is 8.67. The summed E-state index contributed by atoms with van der Waals surface area (Å²) in [6.07, 6.45) is 3.84. The summed E-state index contributed by atoms with van der Waals surface area (Å²) in [7, 11) is 0. The largest absolute Gasteiger partial charge is 0.465 e. The highest BCUT2D eigenvalue weighted by molar-refractivity contribution is 5.76. The molecule has 0 spiro atoms. The number of hydrogen-bond donors (Lipinski definition) is 1. The van der Waals surface area contributed by atoms with Crippen molar-refractivity contribution < 1.29 is 9.53 Å². The first kappa shape index (κ1) is 16.8. The number of ether oxygens (including phenoxy) is 1. The van der Waals surface area contributed by atoms with E-state index in [1.54, 1.807) is 0 Å². The smallest absolute Gasteiger partial charge is 0.324 e. The Morgan fingerprint density at radius 2 is 2.14 bits per heavy atom. The molecule has 2 fully saturated rings. The van der Waals surface area contributed by atoms with Crippen molar-refractivity contribution in [1.82, 2.24) is 10.2 Å². The lowest BCUT2D eigenvalue weighted by atomic mass is 9.73. The van der Waals surface area contributed by atoms with Gasteiger partial charge in [0.1, 0.15) is 6.04 Å². The van der Waals surface area contributed by atoms with E-state index in [-0.39, 0.29) is 12.0 Å². The molecule has 2 aliphatic rings. The number of hydrogen-bond acceptors (Lipinski definition) is 4. The molecule has 21 heavy (non-hydrogen) atoms. The molecule has 1 saturated heterocycles. The molecule has 1 aliphatic heterocycles. The predicted molar refractivity (Wildman–Crippen MR) is 85.1 cm³/mol. The molecular weight excluding hydrogens is 264 g/mol. The molecule has 122 valence electrons. The summed E-state index contributed by atoms with van der Waals surface area (Å²) < 4.78 is 5.30. The number of nitrogens with zero attached hydrogens (tertiary/aromatic N) is 1. The average molecular weight is 296 g/mol. The lowest BCUT2D eigenvalue weighted by Gasteiger charge is -2.48. The molecule has 0 aromatic heterocycles. The van der Waals surface area contributed by atoms with E-state index in [1.165, 1.54) is 19.3 Å². The zero-order valence-electron chi connectivity index (χ0n) is 14.1. The van der Waals surface area contributed by atoms with E-state index in [1.807, 2.05) is 6.92 Å². The maximum atomic E-state index is 12.3. The van der Waals surface area contributed by atoms with Crippen molar-refractivity contribution in [2.45, 2.75) is 59.0 Å². The maximum Gasteiger partial charge on any atom is 0.324 e. The quantitative estimate of drug-likeness (QED) is 0.808. The molecule has 4 atom stereocenters. The molecule has 0 aromatic rings. The van der Waals surface area contributed by atoms with Crippen molar-refractivity contribution in [2.24, 2.45) is 17.8 Å². The molecule has 0 aromatic carbocycles. The van der Waals surface area contributed by atoms with Gasteiger partial charge in [-0.3, -0.25) is 9.69 Å². The second-order valence-electron chi connectivity index (χ2n) is 7.10. The molecule has 0 amide bonds. The molecular formula is C17H32N2O2. The van der Waals surface area contributed by atoms with Crippen LogP contribution in [0.25, 0.3) is 0 Å². The van der Waals surface area contributed by atoms with Crippen LogP contribution in [0.4, 0.5) is 0 Å².